The molecule has 0 unspecified atom stereocenters. The summed E-state index contributed by atoms with van der Waals surface area (Å²) >= 11 is 0. The van der Waals surface area contributed by atoms with E-state index in [9.17, 15) is 4.79 Å². The number of fused-ring (bicyclic) bond motifs is 6. The maximum atomic E-state index is 14.0. The van der Waals surface area contributed by atoms with Crippen LogP contribution in [0.5, 0.6) is 5.75 Å². The molecule has 1 amide bonds. The summed E-state index contributed by atoms with van der Waals surface area (Å²) in [7, 11) is 1.70. The molecule has 0 saturated heterocycles. The van der Waals surface area contributed by atoms with Gasteiger partial charge < -0.3 is 19.5 Å². The minimum Gasteiger partial charge on any atom is -0.497 e. The number of hydrogen-bond acceptors (Lipinski definition) is 3. The van der Waals surface area contributed by atoms with E-state index < -0.39 is 0 Å². The summed E-state index contributed by atoms with van der Waals surface area (Å²) in [5.41, 5.74) is 8.48. The smallest absolute Gasteiger partial charge is 0.270 e. The Bertz CT molecular complexity index is 1490. The van der Waals surface area contributed by atoms with Crippen molar-refractivity contribution in [3.63, 3.8) is 0 Å². The highest BCUT2D eigenvalue weighted by Crippen LogP contribution is 2.50. The molecule has 0 bridgehead atoms. The van der Waals surface area contributed by atoms with Gasteiger partial charge in [-0.3, -0.25) is 4.79 Å². The van der Waals surface area contributed by atoms with E-state index in [0.717, 1.165) is 30.8 Å². The van der Waals surface area contributed by atoms with Crippen LogP contribution >= 0.6 is 0 Å². The number of para-hydroxylation sites is 1. The second kappa shape index (κ2) is 8.30. The Hall–Kier alpha value is -3.99. The van der Waals surface area contributed by atoms with E-state index in [4.69, 9.17) is 4.74 Å². The predicted octanol–water partition coefficient (Wildman–Crippen LogP) is 5.56. The number of hydrogen-bond donors (Lipinski definition) is 1. The second-order valence-corrected chi connectivity index (χ2v) is 10.1. The van der Waals surface area contributed by atoms with Gasteiger partial charge in [0.2, 0.25) is 0 Å². The van der Waals surface area contributed by atoms with E-state index in [0.29, 0.717) is 13.1 Å². The highest BCUT2D eigenvalue weighted by molar-refractivity contribution is 5.97. The summed E-state index contributed by atoms with van der Waals surface area (Å²) in [5, 5.41) is 1.32. The van der Waals surface area contributed by atoms with E-state index >= 15 is 0 Å². The van der Waals surface area contributed by atoms with Gasteiger partial charge >= 0.3 is 0 Å². The molecule has 3 aliphatic heterocycles. The van der Waals surface area contributed by atoms with Crippen molar-refractivity contribution in [1.29, 1.82) is 0 Å². The number of carbonyl (C=O) groups is 1. The Kier molecular flexibility index (Phi) is 4.91. The fraction of sp³-hybridized carbons (Fsp3) is 0.258. The Labute approximate surface area is 211 Å². The molecule has 7 rings (SSSR count). The standard InChI is InChI=1S/C31H29N3O2/c1-36-22-13-11-21(12-14-22)25-17-28-29-24(23-9-5-6-10-27(23)32-29)15-16-34(28)30-26(25)19-33(31(30)35)18-20-7-3-2-4-8-20/h2-14,25,28,32H,15-19H2,1H3/t25-,28-/m1/s1. The molecule has 4 aromatic rings. The van der Waals surface area contributed by atoms with Crippen molar-refractivity contribution >= 4 is 16.8 Å². The number of carbonyl (C=O) groups excluding carboxylic acids is 1. The van der Waals surface area contributed by atoms with E-state index in [2.05, 4.69) is 58.4 Å². The van der Waals surface area contributed by atoms with Crippen LogP contribution in [0.2, 0.25) is 0 Å². The number of H-pyrrole nitrogens is 1. The molecule has 4 heterocycles. The predicted molar refractivity (Wildman–Crippen MR) is 141 cm³/mol. The van der Waals surface area contributed by atoms with Crippen LogP contribution in [0, 0.1) is 0 Å². The van der Waals surface area contributed by atoms with Crippen LogP contribution in [-0.2, 0) is 17.8 Å². The molecule has 1 aromatic heterocycles. The minimum absolute atomic E-state index is 0.160. The van der Waals surface area contributed by atoms with E-state index in [1.807, 2.05) is 35.2 Å². The number of methoxy groups -OCH3 is 1. The average Bonchev–Trinajstić information content (AvgIpc) is 3.47. The van der Waals surface area contributed by atoms with Crippen LogP contribution in [0.4, 0.5) is 0 Å². The monoisotopic (exact) mass is 475 g/mol. The van der Waals surface area contributed by atoms with Crippen LogP contribution in [0.15, 0.2) is 90.1 Å². The number of benzene rings is 3. The average molecular weight is 476 g/mol. The zero-order chi connectivity index (χ0) is 24.2. The van der Waals surface area contributed by atoms with Crippen molar-refractivity contribution in [3.8, 4) is 5.75 Å². The lowest BCUT2D eigenvalue weighted by molar-refractivity contribution is -0.127. The normalized spacial score (nSPS) is 21.0. The Morgan fingerprint density at radius 1 is 0.972 bits per heavy atom. The third kappa shape index (κ3) is 3.26. The fourth-order valence-corrected chi connectivity index (χ4v) is 6.52. The summed E-state index contributed by atoms with van der Waals surface area (Å²) in [4.78, 5) is 22.1. The first-order chi connectivity index (χ1) is 17.7. The number of aromatic amines is 1. The van der Waals surface area contributed by atoms with Gasteiger partial charge in [0.1, 0.15) is 11.4 Å². The quantitative estimate of drug-likeness (QED) is 0.420. The molecule has 3 aliphatic rings. The van der Waals surface area contributed by atoms with Gasteiger partial charge in [-0.05, 0) is 53.3 Å². The maximum absolute atomic E-state index is 14.0. The first-order valence-electron chi connectivity index (χ1n) is 12.8. The molecule has 0 radical (unpaired) electrons. The number of nitrogens with zero attached hydrogens (tertiary/aromatic N) is 2. The molecule has 36 heavy (non-hydrogen) atoms. The van der Waals surface area contributed by atoms with Gasteiger partial charge in [-0.25, -0.2) is 0 Å². The van der Waals surface area contributed by atoms with Crippen LogP contribution in [-0.4, -0.2) is 40.9 Å². The summed E-state index contributed by atoms with van der Waals surface area (Å²) in [5.74, 6) is 1.21. The molecule has 180 valence electrons. The fourth-order valence-electron chi connectivity index (χ4n) is 6.52. The summed E-state index contributed by atoms with van der Waals surface area (Å²) in [6.07, 6.45) is 1.91. The number of ether oxygens (including phenoxy) is 1. The first-order valence-corrected chi connectivity index (χ1v) is 12.8. The Morgan fingerprint density at radius 3 is 2.56 bits per heavy atom. The SMILES string of the molecule is COc1ccc([C@H]2C[C@@H]3c4[nH]c5ccccc5c4CCN3C3=C2CN(Cc2ccccc2)C3=O)cc1. The molecule has 0 saturated carbocycles. The van der Waals surface area contributed by atoms with Crippen molar-refractivity contribution in [1.82, 2.24) is 14.8 Å². The first kappa shape index (κ1) is 21.3. The molecular formula is C31H29N3O2. The van der Waals surface area contributed by atoms with Gasteiger partial charge in [-0.15, -0.1) is 0 Å². The Balaban J connectivity index is 1.32. The minimum atomic E-state index is 0.160. The summed E-state index contributed by atoms with van der Waals surface area (Å²) in [6.45, 7) is 2.19. The number of aromatic nitrogens is 1. The largest absolute Gasteiger partial charge is 0.497 e. The Morgan fingerprint density at radius 2 is 1.75 bits per heavy atom. The third-order valence-electron chi connectivity index (χ3n) is 8.22. The highest BCUT2D eigenvalue weighted by atomic mass is 16.5. The van der Waals surface area contributed by atoms with Gasteiger partial charge in [0.15, 0.2) is 0 Å². The van der Waals surface area contributed by atoms with Crippen LogP contribution < -0.4 is 4.74 Å². The number of nitrogens with one attached hydrogen (secondary N) is 1. The molecule has 0 fully saturated rings. The van der Waals surface area contributed by atoms with Crippen molar-refractivity contribution in [2.24, 2.45) is 0 Å². The second-order valence-electron chi connectivity index (χ2n) is 10.1. The van der Waals surface area contributed by atoms with Crippen LogP contribution in [0.25, 0.3) is 10.9 Å². The third-order valence-corrected chi connectivity index (χ3v) is 8.22. The molecular weight excluding hydrogens is 446 g/mol. The lowest BCUT2D eigenvalue weighted by Gasteiger charge is -2.43. The van der Waals surface area contributed by atoms with E-state index in [-0.39, 0.29) is 17.9 Å². The molecule has 1 N–H and O–H groups in total. The molecule has 5 nitrogen and oxygen atoms in total. The van der Waals surface area contributed by atoms with Crippen molar-refractivity contribution in [3.05, 3.63) is 113 Å². The maximum Gasteiger partial charge on any atom is 0.270 e. The zero-order valence-electron chi connectivity index (χ0n) is 20.4. The van der Waals surface area contributed by atoms with E-state index in [1.165, 1.54) is 38.9 Å². The van der Waals surface area contributed by atoms with Gasteiger partial charge in [-0.1, -0.05) is 60.7 Å². The van der Waals surface area contributed by atoms with Crippen molar-refractivity contribution in [2.75, 3.05) is 20.2 Å². The molecule has 3 aromatic carbocycles. The van der Waals surface area contributed by atoms with Gasteiger partial charge in [0.25, 0.3) is 5.91 Å². The lowest BCUT2D eigenvalue weighted by Crippen LogP contribution is -2.41. The molecule has 0 spiro atoms. The van der Waals surface area contributed by atoms with Crippen molar-refractivity contribution in [2.45, 2.75) is 31.3 Å². The van der Waals surface area contributed by atoms with Gasteiger partial charge in [-0.2, -0.15) is 0 Å². The highest BCUT2D eigenvalue weighted by Gasteiger charge is 2.46. The zero-order valence-corrected chi connectivity index (χ0v) is 20.4. The topological polar surface area (TPSA) is 48.6 Å². The van der Waals surface area contributed by atoms with E-state index in [1.54, 1.807) is 7.11 Å². The summed E-state index contributed by atoms with van der Waals surface area (Å²) in [6, 6.07) is 27.5. The number of amides is 1. The molecule has 2 atom stereocenters. The number of rotatable bonds is 4. The molecule has 5 heteroatoms. The van der Waals surface area contributed by atoms with Gasteiger partial charge in [0, 0.05) is 42.1 Å². The van der Waals surface area contributed by atoms with Crippen LogP contribution in [0.1, 0.15) is 40.8 Å². The van der Waals surface area contributed by atoms with Crippen LogP contribution in [0.3, 0.4) is 0 Å². The summed E-state index contributed by atoms with van der Waals surface area (Å²) < 4.78 is 5.42. The molecule has 0 aliphatic carbocycles. The lowest BCUT2D eigenvalue weighted by atomic mass is 9.78. The van der Waals surface area contributed by atoms with Gasteiger partial charge in [0.05, 0.1) is 13.2 Å². The van der Waals surface area contributed by atoms with Crippen molar-refractivity contribution < 1.29 is 9.53 Å².